The maximum absolute atomic E-state index is 11.9. The summed E-state index contributed by atoms with van der Waals surface area (Å²) in [7, 11) is 0. The van der Waals surface area contributed by atoms with Crippen molar-refractivity contribution in [2.24, 2.45) is 0 Å². The molecule has 1 amide bonds. The van der Waals surface area contributed by atoms with Crippen molar-refractivity contribution in [2.75, 3.05) is 13.2 Å². The fourth-order valence-corrected chi connectivity index (χ4v) is 2.30. The summed E-state index contributed by atoms with van der Waals surface area (Å²) in [5.74, 6) is -1.25. The van der Waals surface area contributed by atoms with Gasteiger partial charge in [-0.1, -0.05) is 30.3 Å². The average Bonchev–Trinajstić information content (AvgIpc) is 2.54. The SMILES string of the molecule is Cc1ccc(C(=O)OCC(=O)NCCc2ccccc2C)c(O)c1. The first kappa shape index (κ1) is 17.5. The van der Waals surface area contributed by atoms with Crippen LogP contribution in [-0.2, 0) is 16.0 Å². The fraction of sp³-hybridized carbons (Fsp3) is 0.263. The number of carbonyl (C=O) groups excluding carboxylic acids is 2. The van der Waals surface area contributed by atoms with Gasteiger partial charge in [0.15, 0.2) is 6.61 Å². The highest BCUT2D eigenvalue weighted by molar-refractivity contribution is 5.93. The Kier molecular flexibility index (Phi) is 5.95. The lowest BCUT2D eigenvalue weighted by Crippen LogP contribution is -2.30. The zero-order valence-electron chi connectivity index (χ0n) is 13.8. The summed E-state index contributed by atoms with van der Waals surface area (Å²) in [4.78, 5) is 23.6. The minimum atomic E-state index is -0.721. The highest BCUT2D eigenvalue weighted by Crippen LogP contribution is 2.19. The van der Waals surface area contributed by atoms with Gasteiger partial charge in [0.1, 0.15) is 11.3 Å². The number of phenols is 1. The Morgan fingerprint density at radius 3 is 2.58 bits per heavy atom. The topological polar surface area (TPSA) is 75.6 Å². The number of carbonyl (C=O) groups is 2. The quantitative estimate of drug-likeness (QED) is 0.800. The van der Waals surface area contributed by atoms with E-state index in [1.54, 1.807) is 13.0 Å². The van der Waals surface area contributed by atoms with Gasteiger partial charge in [-0.05, 0) is 49.1 Å². The molecule has 2 N–H and O–H groups in total. The van der Waals surface area contributed by atoms with Crippen molar-refractivity contribution < 1.29 is 19.4 Å². The minimum absolute atomic E-state index is 0.0494. The summed E-state index contributed by atoms with van der Waals surface area (Å²) < 4.78 is 4.93. The van der Waals surface area contributed by atoms with E-state index in [4.69, 9.17) is 4.74 Å². The van der Waals surface area contributed by atoms with Gasteiger partial charge in [-0.25, -0.2) is 4.79 Å². The summed E-state index contributed by atoms with van der Waals surface area (Å²) in [5, 5.41) is 12.4. The normalized spacial score (nSPS) is 10.2. The van der Waals surface area contributed by atoms with Crippen LogP contribution in [0.2, 0.25) is 0 Å². The van der Waals surface area contributed by atoms with Gasteiger partial charge in [0.2, 0.25) is 0 Å². The van der Waals surface area contributed by atoms with Gasteiger partial charge >= 0.3 is 5.97 Å². The number of esters is 1. The van der Waals surface area contributed by atoms with Gasteiger partial charge < -0.3 is 15.2 Å². The second-order valence-corrected chi connectivity index (χ2v) is 5.62. The molecule has 0 aliphatic heterocycles. The largest absolute Gasteiger partial charge is 0.507 e. The first-order chi connectivity index (χ1) is 11.5. The predicted molar refractivity (Wildman–Crippen MR) is 91.0 cm³/mol. The highest BCUT2D eigenvalue weighted by Gasteiger charge is 2.14. The van der Waals surface area contributed by atoms with Crippen LogP contribution >= 0.6 is 0 Å². The van der Waals surface area contributed by atoms with Crippen molar-refractivity contribution in [2.45, 2.75) is 20.3 Å². The van der Waals surface area contributed by atoms with Crippen molar-refractivity contribution in [1.82, 2.24) is 5.32 Å². The van der Waals surface area contributed by atoms with E-state index in [1.165, 1.54) is 23.3 Å². The number of aromatic hydroxyl groups is 1. The Balaban J connectivity index is 1.77. The van der Waals surface area contributed by atoms with E-state index in [-0.39, 0.29) is 23.8 Å². The van der Waals surface area contributed by atoms with E-state index in [0.29, 0.717) is 13.0 Å². The predicted octanol–water partition coefficient (Wildman–Crippen LogP) is 2.52. The van der Waals surface area contributed by atoms with Gasteiger partial charge in [0.05, 0.1) is 0 Å². The Labute approximate surface area is 141 Å². The first-order valence-corrected chi connectivity index (χ1v) is 7.75. The fourth-order valence-electron chi connectivity index (χ4n) is 2.30. The summed E-state index contributed by atoms with van der Waals surface area (Å²) in [6.45, 7) is 3.92. The molecule has 0 aromatic heterocycles. The number of nitrogens with one attached hydrogen (secondary N) is 1. The lowest BCUT2D eigenvalue weighted by atomic mass is 10.1. The van der Waals surface area contributed by atoms with Crippen LogP contribution in [0.1, 0.15) is 27.0 Å². The number of hydrogen-bond donors (Lipinski definition) is 2. The van der Waals surface area contributed by atoms with Crippen LogP contribution in [0.25, 0.3) is 0 Å². The maximum Gasteiger partial charge on any atom is 0.342 e. The van der Waals surface area contributed by atoms with Crippen LogP contribution in [0.5, 0.6) is 5.75 Å². The lowest BCUT2D eigenvalue weighted by molar-refractivity contribution is -0.124. The number of ether oxygens (including phenoxy) is 1. The third-order valence-electron chi connectivity index (χ3n) is 3.69. The molecule has 0 aliphatic carbocycles. The average molecular weight is 327 g/mol. The van der Waals surface area contributed by atoms with E-state index in [1.807, 2.05) is 31.2 Å². The Bertz CT molecular complexity index is 740. The Morgan fingerprint density at radius 1 is 1.12 bits per heavy atom. The zero-order chi connectivity index (χ0) is 17.5. The molecule has 0 saturated heterocycles. The second-order valence-electron chi connectivity index (χ2n) is 5.62. The van der Waals surface area contributed by atoms with E-state index < -0.39 is 5.97 Å². The van der Waals surface area contributed by atoms with Crippen LogP contribution in [-0.4, -0.2) is 30.1 Å². The highest BCUT2D eigenvalue weighted by atomic mass is 16.5. The zero-order valence-corrected chi connectivity index (χ0v) is 13.8. The molecular formula is C19H21NO4. The number of rotatable bonds is 6. The van der Waals surface area contributed by atoms with Crippen molar-refractivity contribution in [3.05, 3.63) is 64.7 Å². The molecule has 0 heterocycles. The van der Waals surface area contributed by atoms with Crippen molar-refractivity contribution in [1.29, 1.82) is 0 Å². The summed E-state index contributed by atoms with van der Waals surface area (Å²) in [5.41, 5.74) is 3.22. The van der Waals surface area contributed by atoms with E-state index >= 15 is 0 Å². The third-order valence-corrected chi connectivity index (χ3v) is 3.69. The third kappa shape index (κ3) is 4.84. The molecule has 2 aromatic rings. The van der Waals surface area contributed by atoms with Gasteiger partial charge in [0.25, 0.3) is 5.91 Å². The van der Waals surface area contributed by atoms with Crippen molar-refractivity contribution in [3.8, 4) is 5.75 Å². The number of amides is 1. The Hall–Kier alpha value is -2.82. The molecule has 0 unspecified atom stereocenters. The Morgan fingerprint density at radius 2 is 1.88 bits per heavy atom. The maximum atomic E-state index is 11.9. The minimum Gasteiger partial charge on any atom is -0.507 e. The number of benzene rings is 2. The summed E-state index contributed by atoms with van der Waals surface area (Å²) >= 11 is 0. The van der Waals surface area contributed by atoms with E-state index in [9.17, 15) is 14.7 Å². The molecule has 24 heavy (non-hydrogen) atoms. The first-order valence-electron chi connectivity index (χ1n) is 7.75. The molecular weight excluding hydrogens is 306 g/mol. The van der Waals surface area contributed by atoms with Crippen LogP contribution < -0.4 is 5.32 Å². The van der Waals surface area contributed by atoms with E-state index in [2.05, 4.69) is 5.32 Å². The molecule has 0 atom stereocenters. The summed E-state index contributed by atoms with van der Waals surface area (Å²) in [6.07, 6.45) is 0.713. The standard InChI is InChI=1S/C19H21NO4/c1-13-7-8-16(17(21)11-13)19(23)24-12-18(22)20-10-9-15-6-4-3-5-14(15)2/h3-8,11,21H,9-10,12H2,1-2H3,(H,20,22). The van der Waals surface area contributed by atoms with Crippen molar-refractivity contribution in [3.63, 3.8) is 0 Å². The monoisotopic (exact) mass is 327 g/mol. The molecule has 5 nitrogen and oxygen atoms in total. The molecule has 2 aromatic carbocycles. The molecule has 0 bridgehead atoms. The van der Waals surface area contributed by atoms with E-state index in [0.717, 1.165) is 5.56 Å². The molecule has 0 fully saturated rings. The summed E-state index contributed by atoms with van der Waals surface area (Å²) in [6, 6.07) is 12.6. The molecule has 0 aliphatic rings. The van der Waals surface area contributed by atoms with Crippen LogP contribution in [0.4, 0.5) is 0 Å². The molecule has 5 heteroatoms. The van der Waals surface area contributed by atoms with Gasteiger partial charge in [-0.3, -0.25) is 4.79 Å². The number of phenolic OH excluding ortho intramolecular Hbond substituents is 1. The molecule has 2 rings (SSSR count). The van der Waals surface area contributed by atoms with Gasteiger partial charge in [-0.15, -0.1) is 0 Å². The number of aryl methyl sites for hydroxylation is 2. The van der Waals surface area contributed by atoms with Crippen LogP contribution in [0.15, 0.2) is 42.5 Å². The molecule has 0 saturated carbocycles. The van der Waals surface area contributed by atoms with Crippen molar-refractivity contribution >= 4 is 11.9 Å². The number of hydrogen-bond acceptors (Lipinski definition) is 4. The van der Waals surface area contributed by atoms with Gasteiger partial charge in [-0.2, -0.15) is 0 Å². The van der Waals surface area contributed by atoms with Gasteiger partial charge in [0, 0.05) is 6.54 Å². The van der Waals surface area contributed by atoms with Crippen LogP contribution in [0, 0.1) is 13.8 Å². The molecule has 0 radical (unpaired) electrons. The second kappa shape index (κ2) is 8.15. The smallest absolute Gasteiger partial charge is 0.342 e. The molecule has 0 spiro atoms. The van der Waals surface area contributed by atoms with Crippen LogP contribution in [0.3, 0.4) is 0 Å². The lowest BCUT2D eigenvalue weighted by Gasteiger charge is -2.09. The molecule has 126 valence electrons.